The maximum absolute atomic E-state index is 3.10. The fourth-order valence-electron chi connectivity index (χ4n) is 1.01. The van der Waals surface area contributed by atoms with E-state index in [0.717, 1.165) is 6.42 Å². The molecule has 0 aromatic rings. The molecule has 0 amide bonds. The Balaban J connectivity index is 2.59. The van der Waals surface area contributed by atoms with Crippen molar-refractivity contribution in [2.45, 2.75) is 26.2 Å². The van der Waals surface area contributed by atoms with Crippen LogP contribution in [0.1, 0.15) is 26.2 Å². The highest BCUT2D eigenvalue weighted by Crippen LogP contribution is 2.08. The van der Waals surface area contributed by atoms with E-state index >= 15 is 0 Å². The number of allylic oxidation sites excluding steroid dienone is 5. The summed E-state index contributed by atoms with van der Waals surface area (Å²) in [4.78, 5) is 0. The van der Waals surface area contributed by atoms with Gasteiger partial charge >= 0.3 is 0 Å². The first-order valence-corrected chi connectivity index (χ1v) is 4.20. The molecule has 0 unspecified atom stereocenters. The third-order valence-corrected chi connectivity index (χ3v) is 1.65. The van der Waals surface area contributed by atoms with Crippen molar-refractivity contribution >= 4 is 0 Å². The van der Waals surface area contributed by atoms with E-state index in [0.29, 0.717) is 0 Å². The molecular weight excluding hydrogens is 132 g/mol. The highest BCUT2D eigenvalue weighted by molar-refractivity contribution is 5.25. The normalized spacial score (nSPS) is 19.2. The fourth-order valence-corrected chi connectivity index (χ4v) is 1.01. The Morgan fingerprint density at radius 1 is 1.64 bits per heavy atom. The quantitative estimate of drug-likeness (QED) is 0.524. The number of rotatable bonds is 2. The second-order valence-electron chi connectivity index (χ2n) is 2.68. The minimum absolute atomic E-state index is 1.06. The Hall–Kier alpha value is -1.00. The maximum atomic E-state index is 3.10. The lowest BCUT2D eigenvalue weighted by Gasteiger charge is -1.93. The Kier molecular flexibility index (Phi) is 3.51. The number of hydrogen-bond donors (Lipinski definition) is 0. The second kappa shape index (κ2) is 4.76. The van der Waals surface area contributed by atoms with Gasteiger partial charge in [0.15, 0.2) is 0 Å². The zero-order chi connectivity index (χ0) is 7.94. The van der Waals surface area contributed by atoms with Crippen molar-refractivity contribution in [2.24, 2.45) is 0 Å². The van der Waals surface area contributed by atoms with Gasteiger partial charge in [-0.1, -0.05) is 31.6 Å². The van der Waals surface area contributed by atoms with Crippen LogP contribution < -0.4 is 0 Å². The zero-order valence-corrected chi connectivity index (χ0v) is 7.01. The summed E-state index contributed by atoms with van der Waals surface area (Å²) < 4.78 is 0. The van der Waals surface area contributed by atoms with Crippen LogP contribution in [0.3, 0.4) is 0 Å². The summed E-state index contributed by atoms with van der Waals surface area (Å²) in [7, 11) is 0. The summed E-state index contributed by atoms with van der Waals surface area (Å²) in [6.07, 6.45) is 14.0. The van der Waals surface area contributed by atoms with Crippen LogP contribution in [-0.4, -0.2) is 0 Å². The smallest absolute Gasteiger partial charge is 0.00911 e. The first-order valence-electron chi connectivity index (χ1n) is 4.20. The standard InChI is InChI=1S/C11H14/c1-2-3-8-11-9-6-4-5-7-10-11/h4-6,8,10H,2-3,9H2,1H3/b11-8+. The van der Waals surface area contributed by atoms with Crippen LogP contribution in [0.4, 0.5) is 0 Å². The van der Waals surface area contributed by atoms with Crippen LogP contribution in [0.2, 0.25) is 0 Å². The molecule has 0 aromatic carbocycles. The van der Waals surface area contributed by atoms with Crippen molar-refractivity contribution in [3.63, 3.8) is 0 Å². The summed E-state index contributed by atoms with van der Waals surface area (Å²) >= 11 is 0. The first kappa shape index (κ1) is 8.10. The van der Waals surface area contributed by atoms with E-state index in [1.165, 1.54) is 18.4 Å². The van der Waals surface area contributed by atoms with Crippen molar-refractivity contribution in [3.05, 3.63) is 41.7 Å². The fraction of sp³-hybridized carbons (Fsp3) is 0.364. The molecule has 0 N–H and O–H groups in total. The third-order valence-electron chi connectivity index (χ3n) is 1.65. The second-order valence-corrected chi connectivity index (χ2v) is 2.68. The minimum Gasteiger partial charge on any atom is -0.121 e. The van der Waals surface area contributed by atoms with Gasteiger partial charge in [-0.3, -0.25) is 0 Å². The van der Waals surface area contributed by atoms with Gasteiger partial charge in [-0.05, 0) is 30.6 Å². The minimum atomic E-state index is 1.06. The van der Waals surface area contributed by atoms with E-state index < -0.39 is 0 Å². The average Bonchev–Trinajstić information content (AvgIpc) is 2.28. The summed E-state index contributed by atoms with van der Waals surface area (Å²) in [6, 6.07) is 0. The topological polar surface area (TPSA) is 0 Å². The van der Waals surface area contributed by atoms with Crippen molar-refractivity contribution in [3.8, 4) is 0 Å². The van der Waals surface area contributed by atoms with Crippen LogP contribution in [-0.2, 0) is 0 Å². The van der Waals surface area contributed by atoms with Gasteiger partial charge in [0.05, 0.1) is 0 Å². The molecule has 1 rings (SSSR count). The number of hydrogen-bond acceptors (Lipinski definition) is 0. The molecule has 1 aliphatic carbocycles. The average molecular weight is 146 g/mol. The molecule has 0 heteroatoms. The van der Waals surface area contributed by atoms with E-state index in [2.05, 4.69) is 30.9 Å². The molecular formula is C11H14. The SMILES string of the molecule is CCC/C=C1/C=C=CC=CC1. The molecule has 58 valence electrons. The van der Waals surface area contributed by atoms with Gasteiger partial charge in [-0.15, -0.1) is 5.73 Å². The first-order chi connectivity index (χ1) is 5.43. The van der Waals surface area contributed by atoms with Crippen molar-refractivity contribution in [1.82, 2.24) is 0 Å². The molecule has 0 spiro atoms. The van der Waals surface area contributed by atoms with Gasteiger partial charge in [0, 0.05) is 0 Å². The van der Waals surface area contributed by atoms with Crippen molar-refractivity contribution in [2.75, 3.05) is 0 Å². The van der Waals surface area contributed by atoms with Crippen LogP contribution >= 0.6 is 0 Å². The van der Waals surface area contributed by atoms with Gasteiger partial charge in [0.25, 0.3) is 0 Å². The molecule has 0 saturated carbocycles. The van der Waals surface area contributed by atoms with Gasteiger partial charge < -0.3 is 0 Å². The lowest BCUT2D eigenvalue weighted by molar-refractivity contribution is 0.948. The van der Waals surface area contributed by atoms with E-state index in [1.54, 1.807) is 0 Å². The van der Waals surface area contributed by atoms with E-state index in [9.17, 15) is 0 Å². The van der Waals surface area contributed by atoms with Gasteiger partial charge in [-0.25, -0.2) is 0 Å². The molecule has 1 aliphatic rings. The highest BCUT2D eigenvalue weighted by Gasteiger charge is 1.89. The van der Waals surface area contributed by atoms with Crippen LogP contribution in [0, 0.1) is 0 Å². The summed E-state index contributed by atoms with van der Waals surface area (Å²) in [6.45, 7) is 2.20. The zero-order valence-electron chi connectivity index (χ0n) is 7.01. The number of unbranched alkanes of at least 4 members (excludes halogenated alkanes) is 1. The Labute approximate surface area is 68.6 Å². The lowest BCUT2D eigenvalue weighted by Crippen LogP contribution is -1.74. The van der Waals surface area contributed by atoms with Crippen LogP contribution in [0.25, 0.3) is 0 Å². The molecule has 11 heavy (non-hydrogen) atoms. The largest absolute Gasteiger partial charge is 0.121 e. The van der Waals surface area contributed by atoms with Gasteiger partial charge in [-0.2, -0.15) is 0 Å². The molecule has 0 aromatic heterocycles. The molecule has 0 fully saturated rings. The Morgan fingerprint density at radius 2 is 2.55 bits per heavy atom. The monoisotopic (exact) mass is 146 g/mol. The summed E-state index contributed by atoms with van der Waals surface area (Å²) in [5.41, 5.74) is 4.49. The third kappa shape index (κ3) is 3.06. The van der Waals surface area contributed by atoms with Gasteiger partial charge in [0.1, 0.15) is 0 Å². The van der Waals surface area contributed by atoms with E-state index in [1.807, 2.05) is 12.2 Å². The van der Waals surface area contributed by atoms with Crippen molar-refractivity contribution in [1.29, 1.82) is 0 Å². The Bertz CT molecular complexity index is 222. The predicted molar refractivity (Wildman–Crippen MR) is 49.4 cm³/mol. The molecule has 0 aliphatic heterocycles. The molecule has 0 nitrogen and oxygen atoms in total. The maximum Gasteiger partial charge on any atom is -0.00911 e. The predicted octanol–water partition coefficient (Wildman–Crippen LogP) is 3.38. The molecule has 0 radical (unpaired) electrons. The molecule has 0 bridgehead atoms. The Morgan fingerprint density at radius 3 is 3.36 bits per heavy atom. The van der Waals surface area contributed by atoms with E-state index in [-0.39, 0.29) is 0 Å². The lowest BCUT2D eigenvalue weighted by atomic mass is 10.1. The molecule has 0 heterocycles. The molecule has 0 atom stereocenters. The molecule has 0 saturated heterocycles. The van der Waals surface area contributed by atoms with Gasteiger partial charge in [0.2, 0.25) is 0 Å². The van der Waals surface area contributed by atoms with Crippen molar-refractivity contribution < 1.29 is 0 Å². The van der Waals surface area contributed by atoms with Crippen LogP contribution in [0.5, 0.6) is 0 Å². The summed E-state index contributed by atoms with van der Waals surface area (Å²) in [5, 5.41) is 0. The van der Waals surface area contributed by atoms with Crippen LogP contribution in [0.15, 0.2) is 41.7 Å². The highest BCUT2D eigenvalue weighted by atomic mass is 13.9. The van der Waals surface area contributed by atoms with E-state index in [4.69, 9.17) is 0 Å². The summed E-state index contributed by atoms with van der Waals surface area (Å²) in [5.74, 6) is 0.